The summed E-state index contributed by atoms with van der Waals surface area (Å²) >= 11 is 6.51. The van der Waals surface area contributed by atoms with Gasteiger partial charge in [-0.3, -0.25) is 14.9 Å². The molecule has 3 heterocycles. The number of carbonyl (C=O) groups is 3. The lowest BCUT2D eigenvalue weighted by atomic mass is 10.1. The molecule has 216 valence electrons. The zero-order valence-corrected chi connectivity index (χ0v) is 23.4. The summed E-state index contributed by atoms with van der Waals surface area (Å²) < 4.78 is 12.5. The average Bonchev–Trinajstić information content (AvgIpc) is 3.57. The largest absolute Gasteiger partial charge is 0.492 e. The van der Waals surface area contributed by atoms with Gasteiger partial charge in [0.2, 0.25) is 0 Å². The Labute approximate surface area is 241 Å². The van der Waals surface area contributed by atoms with Crippen molar-refractivity contribution in [3.8, 4) is 5.75 Å². The Kier molecular flexibility index (Phi) is 8.88. The fraction of sp³-hybridized carbons (Fsp3) is 0.393. The molecule has 1 saturated carbocycles. The molecule has 1 aliphatic heterocycles. The number of anilines is 3. The summed E-state index contributed by atoms with van der Waals surface area (Å²) in [6.45, 7) is 2.75. The maximum atomic E-state index is 12.0. The molecule has 2 aliphatic rings. The summed E-state index contributed by atoms with van der Waals surface area (Å²) in [5.41, 5.74) is 1.92. The number of amides is 3. The highest BCUT2D eigenvalue weighted by Crippen LogP contribution is 2.31. The highest BCUT2D eigenvalue weighted by Gasteiger charge is 2.25. The molecule has 13 heteroatoms. The third kappa shape index (κ3) is 7.46. The minimum Gasteiger partial charge on any atom is -0.492 e. The van der Waals surface area contributed by atoms with Crippen molar-refractivity contribution in [2.75, 3.05) is 23.8 Å². The van der Waals surface area contributed by atoms with Crippen LogP contribution in [0.3, 0.4) is 0 Å². The van der Waals surface area contributed by atoms with Crippen molar-refractivity contribution in [1.29, 1.82) is 0 Å². The maximum absolute atomic E-state index is 12.0. The first kappa shape index (κ1) is 28.2. The van der Waals surface area contributed by atoms with Crippen molar-refractivity contribution in [2.45, 2.75) is 57.9 Å². The standard InChI is InChI=1S/C28H32ClN7O5/c1-2-40-25(37)7-5-3-4-6-12-41-22-11-10-19(14-20(22)29)31-23-15-24(32-18-8-9-18)36-26(34-23)17(16-30-36)13-21-27(38)35-28(39)33-21/h10-11,13-16,18,32H,2-9,12H2,1H3,(H,31,34)(H2,33,35,38,39)/b21-13-. The minimum atomic E-state index is -0.570. The molecule has 0 bridgehead atoms. The van der Waals surface area contributed by atoms with E-state index >= 15 is 0 Å². The lowest BCUT2D eigenvalue weighted by molar-refractivity contribution is -0.143. The van der Waals surface area contributed by atoms with Crippen LogP contribution in [0.25, 0.3) is 11.7 Å². The average molecular weight is 582 g/mol. The molecule has 3 amide bonds. The zero-order valence-electron chi connectivity index (χ0n) is 22.7. The van der Waals surface area contributed by atoms with E-state index in [0.717, 1.165) is 50.0 Å². The molecule has 2 fully saturated rings. The first-order valence-corrected chi connectivity index (χ1v) is 14.1. The number of nitrogens with zero attached hydrogens (tertiary/aromatic N) is 3. The molecule has 2 aromatic heterocycles. The van der Waals surface area contributed by atoms with Gasteiger partial charge in [-0.25, -0.2) is 9.78 Å². The normalized spacial score (nSPS) is 15.6. The summed E-state index contributed by atoms with van der Waals surface area (Å²) in [6, 6.07) is 7.09. The van der Waals surface area contributed by atoms with Gasteiger partial charge in [0, 0.05) is 29.8 Å². The van der Waals surface area contributed by atoms with Crippen molar-refractivity contribution >= 4 is 58.6 Å². The third-order valence-corrected chi connectivity index (χ3v) is 6.79. The maximum Gasteiger partial charge on any atom is 0.326 e. The van der Waals surface area contributed by atoms with Crippen molar-refractivity contribution in [1.82, 2.24) is 25.2 Å². The number of hydrogen-bond donors (Lipinski definition) is 4. The van der Waals surface area contributed by atoms with Gasteiger partial charge in [0.05, 0.1) is 24.4 Å². The first-order valence-electron chi connectivity index (χ1n) is 13.7. The predicted octanol–water partition coefficient (Wildman–Crippen LogP) is 4.77. The van der Waals surface area contributed by atoms with Crippen LogP contribution < -0.4 is 26.0 Å². The number of urea groups is 1. The Morgan fingerprint density at radius 2 is 2.00 bits per heavy atom. The fourth-order valence-electron chi connectivity index (χ4n) is 4.31. The van der Waals surface area contributed by atoms with Gasteiger partial charge in [-0.05, 0) is 56.9 Å². The first-order chi connectivity index (χ1) is 19.9. The number of ether oxygens (including phenoxy) is 2. The number of nitrogens with one attached hydrogen (secondary N) is 4. The van der Waals surface area contributed by atoms with Gasteiger partial charge < -0.3 is 25.4 Å². The van der Waals surface area contributed by atoms with E-state index in [2.05, 4.69) is 26.4 Å². The number of hydrogen-bond acceptors (Lipinski definition) is 9. The number of carbonyl (C=O) groups excluding carboxylic acids is 3. The van der Waals surface area contributed by atoms with E-state index in [0.29, 0.717) is 53.5 Å². The molecule has 0 spiro atoms. The van der Waals surface area contributed by atoms with Crippen LogP contribution in [0.4, 0.5) is 22.1 Å². The highest BCUT2D eigenvalue weighted by molar-refractivity contribution is 6.32. The quantitative estimate of drug-likeness (QED) is 0.0913. The molecule has 0 radical (unpaired) electrons. The summed E-state index contributed by atoms with van der Waals surface area (Å²) in [6.07, 6.45) is 9.28. The molecule has 1 saturated heterocycles. The van der Waals surface area contributed by atoms with Gasteiger partial charge in [-0.2, -0.15) is 9.61 Å². The van der Waals surface area contributed by atoms with Gasteiger partial charge >= 0.3 is 12.0 Å². The Bertz CT molecular complexity index is 1480. The highest BCUT2D eigenvalue weighted by atomic mass is 35.5. The number of imide groups is 1. The number of rotatable bonds is 14. The van der Waals surface area contributed by atoms with Crippen LogP contribution in [-0.2, 0) is 14.3 Å². The molecule has 4 N–H and O–H groups in total. The van der Waals surface area contributed by atoms with Crippen molar-refractivity contribution in [2.24, 2.45) is 0 Å². The van der Waals surface area contributed by atoms with Gasteiger partial charge in [0.15, 0.2) is 5.65 Å². The molecule has 1 aromatic carbocycles. The minimum absolute atomic E-state index is 0.126. The Balaban J connectivity index is 1.23. The Morgan fingerprint density at radius 3 is 2.73 bits per heavy atom. The monoisotopic (exact) mass is 581 g/mol. The molecule has 41 heavy (non-hydrogen) atoms. The van der Waals surface area contributed by atoms with Gasteiger partial charge in [0.1, 0.15) is 23.1 Å². The van der Waals surface area contributed by atoms with Crippen LogP contribution in [0.2, 0.25) is 5.02 Å². The second-order valence-electron chi connectivity index (χ2n) is 9.83. The summed E-state index contributed by atoms with van der Waals surface area (Å²) in [7, 11) is 0. The molecular formula is C28H32ClN7O5. The zero-order chi connectivity index (χ0) is 28.8. The fourth-order valence-corrected chi connectivity index (χ4v) is 4.54. The topological polar surface area (TPSA) is 148 Å². The van der Waals surface area contributed by atoms with Crippen LogP contribution in [0.5, 0.6) is 5.75 Å². The van der Waals surface area contributed by atoms with E-state index < -0.39 is 11.9 Å². The van der Waals surface area contributed by atoms with E-state index in [4.69, 9.17) is 26.1 Å². The van der Waals surface area contributed by atoms with Crippen LogP contribution >= 0.6 is 11.6 Å². The van der Waals surface area contributed by atoms with Crippen LogP contribution in [0.1, 0.15) is 57.4 Å². The number of esters is 1. The lowest BCUT2D eigenvalue weighted by Crippen LogP contribution is -2.22. The third-order valence-electron chi connectivity index (χ3n) is 6.49. The molecule has 3 aromatic rings. The molecule has 5 rings (SSSR count). The van der Waals surface area contributed by atoms with E-state index in [-0.39, 0.29) is 11.7 Å². The van der Waals surface area contributed by atoms with Crippen molar-refractivity contribution in [3.05, 3.63) is 46.7 Å². The Hall–Kier alpha value is -4.32. The van der Waals surface area contributed by atoms with E-state index in [1.54, 1.807) is 22.9 Å². The van der Waals surface area contributed by atoms with Crippen molar-refractivity contribution < 1.29 is 23.9 Å². The van der Waals surface area contributed by atoms with E-state index in [9.17, 15) is 14.4 Å². The van der Waals surface area contributed by atoms with Gasteiger partial charge in [-0.1, -0.05) is 24.4 Å². The molecule has 12 nitrogen and oxygen atoms in total. The number of benzene rings is 1. The van der Waals surface area contributed by atoms with Gasteiger partial charge in [0.25, 0.3) is 5.91 Å². The number of fused-ring (bicyclic) bond motifs is 1. The SMILES string of the molecule is CCOC(=O)CCCCCCOc1ccc(Nc2cc(NC3CC3)n3ncc(/C=C4\NC(=O)NC4=O)c3n2)cc1Cl. The number of unbranched alkanes of at least 4 members (excludes halogenated alkanes) is 3. The number of aromatic nitrogens is 3. The van der Waals surface area contributed by atoms with E-state index in [1.807, 2.05) is 25.1 Å². The molecule has 1 aliphatic carbocycles. The smallest absolute Gasteiger partial charge is 0.326 e. The van der Waals surface area contributed by atoms with Gasteiger partial charge in [-0.15, -0.1) is 0 Å². The van der Waals surface area contributed by atoms with Crippen molar-refractivity contribution in [3.63, 3.8) is 0 Å². The van der Waals surface area contributed by atoms with Crippen LogP contribution in [0.15, 0.2) is 36.2 Å². The second-order valence-corrected chi connectivity index (χ2v) is 10.2. The predicted molar refractivity (Wildman–Crippen MR) is 154 cm³/mol. The summed E-state index contributed by atoms with van der Waals surface area (Å²) in [5.74, 6) is 1.23. The van der Waals surface area contributed by atoms with Crippen LogP contribution in [-0.4, -0.2) is 51.8 Å². The summed E-state index contributed by atoms with van der Waals surface area (Å²) in [5, 5.41) is 16.3. The summed E-state index contributed by atoms with van der Waals surface area (Å²) in [4.78, 5) is 39.7. The molecule has 0 atom stereocenters. The Morgan fingerprint density at radius 1 is 1.17 bits per heavy atom. The number of halogens is 1. The molecular weight excluding hydrogens is 550 g/mol. The second kappa shape index (κ2) is 12.9. The lowest BCUT2D eigenvalue weighted by Gasteiger charge is -2.13. The molecule has 0 unspecified atom stereocenters. The van der Waals surface area contributed by atoms with E-state index in [1.165, 1.54) is 0 Å². The van der Waals surface area contributed by atoms with Crippen LogP contribution in [0, 0.1) is 0 Å².